The Hall–Kier alpha value is -3.25. The zero-order chi connectivity index (χ0) is 19.6. The molecule has 1 aliphatic heterocycles. The molecule has 0 spiro atoms. The summed E-state index contributed by atoms with van der Waals surface area (Å²) >= 11 is 0. The van der Waals surface area contributed by atoms with Crippen LogP contribution in [-0.4, -0.2) is 34.4 Å². The van der Waals surface area contributed by atoms with Crippen LogP contribution in [0.5, 0.6) is 0 Å². The SMILES string of the molecule is Cc1ccc2nc(NCC3CCCO3)c(-c3noc(-c4ccccc4)n3)cc2c1. The fourth-order valence-corrected chi connectivity index (χ4v) is 3.65. The summed E-state index contributed by atoms with van der Waals surface area (Å²) in [7, 11) is 0. The van der Waals surface area contributed by atoms with Crippen LogP contribution in [0.4, 0.5) is 5.82 Å². The van der Waals surface area contributed by atoms with Crippen molar-refractivity contribution in [2.75, 3.05) is 18.5 Å². The summed E-state index contributed by atoms with van der Waals surface area (Å²) in [6, 6.07) is 18.1. The average molecular weight is 386 g/mol. The summed E-state index contributed by atoms with van der Waals surface area (Å²) in [5.41, 5.74) is 3.83. The van der Waals surface area contributed by atoms with E-state index in [9.17, 15) is 0 Å². The molecule has 4 aromatic rings. The number of hydrogen-bond donors (Lipinski definition) is 1. The number of anilines is 1. The molecular weight excluding hydrogens is 364 g/mol. The standard InChI is InChI=1S/C23H22N4O2/c1-15-9-10-20-17(12-15)13-19(21(25-20)24-14-18-8-5-11-28-18)22-26-23(29-27-22)16-6-3-2-4-7-16/h2-4,6-7,9-10,12-13,18H,5,8,11,14H2,1H3,(H,24,25). The lowest BCUT2D eigenvalue weighted by Crippen LogP contribution is -2.19. The number of aryl methyl sites for hydroxylation is 1. The van der Waals surface area contributed by atoms with Crippen LogP contribution >= 0.6 is 0 Å². The van der Waals surface area contributed by atoms with Crippen molar-refractivity contribution in [1.29, 1.82) is 0 Å². The summed E-state index contributed by atoms with van der Waals surface area (Å²) in [6.07, 6.45) is 2.38. The quantitative estimate of drug-likeness (QED) is 0.528. The first-order valence-corrected chi connectivity index (χ1v) is 9.93. The molecule has 2 aromatic carbocycles. The molecule has 0 saturated carbocycles. The van der Waals surface area contributed by atoms with Crippen LogP contribution in [0.15, 0.2) is 59.1 Å². The zero-order valence-corrected chi connectivity index (χ0v) is 16.3. The van der Waals surface area contributed by atoms with E-state index in [0.717, 1.165) is 47.3 Å². The van der Waals surface area contributed by atoms with Crippen LogP contribution in [0.25, 0.3) is 33.7 Å². The molecule has 0 amide bonds. The van der Waals surface area contributed by atoms with Crippen molar-refractivity contribution in [2.45, 2.75) is 25.9 Å². The van der Waals surface area contributed by atoms with E-state index in [-0.39, 0.29) is 6.10 Å². The van der Waals surface area contributed by atoms with Crippen LogP contribution in [0.3, 0.4) is 0 Å². The number of hydrogen-bond acceptors (Lipinski definition) is 6. The molecule has 146 valence electrons. The highest BCUT2D eigenvalue weighted by molar-refractivity contribution is 5.88. The van der Waals surface area contributed by atoms with Crippen molar-refractivity contribution in [3.8, 4) is 22.8 Å². The molecule has 6 heteroatoms. The maximum absolute atomic E-state index is 5.75. The first-order chi connectivity index (χ1) is 14.3. The normalized spacial score (nSPS) is 16.4. The lowest BCUT2D eigenvalue weighted by molar-refractivity contribution is 0.120. The van der Waals surface area contributed by atoms with Gasteiger partial charge in [0.2, 0.25) is 5.82 Å². The maximum Gasteiger partial charge on any atom is 0.258 e. The van der Waals surface area contributed by atoms with Gasteiger partial charge in [0.1, 0.15) is 5.82 Å². The number of benzene rings is 2. The van der Waals surface area contributed by atoms with Gasteiger partial charge >= 0.3 is 0 Å². The second kappa shape index (κ2) is 7.64. The molecule has 6 nitrogen and oxygen atoms in total. The first kappa shape index (κ1) is 17.8. The van der Waals surface area contributed by atoms with Crippen LogP contribution in [-0.2, 0) is 4.74 Å². The van der Waals surface area contributed by atoms with Gasteiger partial charge in [-0.25, -0.2) is 4.98 Å². The topological polar surface area (TPSA) is 73.1 Å². The largest absolute Gasteiger partial charge is 0.376 e. The molecule has 5 rings (SSSR count). The Kier molecular flexibility index (Phi) is 4.69. The smallest absolute Gasteiger partial charge is 0.258 e. The lowest BCUT2D eigenvalue weighted by Gasteiger charge is -2.14. The predicted molar refractivity (Wildman–Crippen MR) is 113 cm³/mol. The molecule has 0 bridgehead atoms. The van der Waals surface area contributed by atoms with Gasteiger partial charge in [0.15, 0.2) is 0 Å². The molecule has 1 fully saturated rings. The molecule has 3 heterocycles. The van der Waals surface area contributed by atoms with E-state index in [1.54, 1.807) is 0 Å². The minimum absolute atomic E-state index is 0.212. The molecular formula is C23H22N4O2. The Morgan fingerprint density at radius 2 is 1.97 bits per heavy atom. The van der Waals surface area contributed by atoms with Crippen molar-refractivity contribution < 1.29 is 9.26 Å². The van der Waals surface area contributed by atoms with Crippen molar-refractivity contribution in [3.63, 3.8) is 0 Å². The van der Waals surface area contributed by atoms with Crippen molar-refractivity contribution in [3.05, 3.63) is 60.2 Å². The zero-order valence-electron chi connectivity index (χ0n) is 16.3. The maximum atomic E-state index is 5.75. The molecule has 1 N–H and O–H groups in total. The molecule has 1 saturated heterocycles. The third-order valence-corrected chi connectivity index (χ3v) is 5.18. The lowest BCUT2D eigenvalue weighted by atomic mass is 10.1. The summed E-state index contributed by atoms with van der Waals surface area (Å²) in [4.78, 5) is 9.48. The van der Waals surface area contributed by atoms with E-state index in [1.807, 2.05) is 36.4 Å². The predicted octanol–water partition coefficient (Wildman–Crippen LogP) is 4.85. The molecule has 2 aromatic heterocycles. The minimum Gasteiger partial charge on any atom is -0.376 e. The van der Waals surface area contributed by atoms with Gasteiger partial charge in [0.05, 0.1) is 17.2 Å². The molecule has 1 atom stereocenters. The first-order valence-electron chi connectivity index (χ1n) is 9.93. The third kappa shape index (κ3) is 3.71. The van der Waals surface area contributed by atoms with Gasteiger partial charge in [-0.15, -0.1) is 0 Å². The Balaban J connectivity index is 1.55. The van der Waals surface area contributed by atoms with Crippen molar-refractivity contribution in [2.24, 2.45) is 0 Å². The number of nitrogens with one attached hydrogen (secondary N) is 1. The van der Waals surface area contributed by atoms with Crippen molar-refractivity contribution >= 4 is 16.7 Å². The number of rotatable bonds is 5. The highest BCUT2D eigenvalue weighted by Gasteiger charge is 2.19. The molecule has 1 unspecified atom stereocenters. The molecule has 0 radical (unpaired) electrons. The number of aromatic nitrogens is 3. The second-order valence-corrected chi connectivity index (χ2v) is 7.39. The fraction of sp³-hybridized carbons (Fsp3) is 0.261. The van der Waals surface area contributed by atoms with Crippen LogP contribution in [0.2, 0.25) is 0 Å². The highest BCUT2D eigenvalue weighted by atomic mass is 16.5. The summed E-state index contributed by atoms with van der Waals surface area (Å²) in [5, 5.41) is 8.74. The van der Waals surface area contributed by atoms with Gasteiger partial charge in [0.25, 0.3) is 5.89 Å². The number of nitrogens with zero attached hydrogens (tertiary/aromatic N) is 3. The molecule has 1 aliphatic rings. The summed E-state index contributed by atoms with van der Waals surface area (Å²) < 4.78 is 11.3. The third-order valence-electron chi connectivity index (χ3n) is 5.18. The Morgan fingerprint density at radius 3 is 2.79 bits per heavy atom. The molecule has 29 heavy (non-hydrogen) atoms. The Morgan fingerprint density at radius 1 is 1.07 bits per heavy atom. The number of ether oxygens (including phenoxy) is 1. The monoisotopic (exact) mass is 386 g/mol. The summed E-state index contributed by atoms with van der Waals surface area (Å²) in [5.74, 6) is 1.77. The van der Waals surface area contributed by atoms with Crippen LogP contribution in [0, 0.1) is 6.92 Å². The average Bonchev–Trinajstić information content (AvgIpc) is 3.44. The number of pyridine rings is 1. The van der Waals surface area contributed by atoms with E-state index >= 15 is 0 Å². The van der Waals surface area contributed by atoms with Gasteiger partial charge in [-0.3, -0.25) is 0 Å². The van der Waals surface area contributed by atoms with E-state index in [1.165, 1.54) is 5.56 Å². The Bertz CT molecular complexity index is 1130. The van der Waals surface area contributed by atoms with Gasteiger partial charge in [-0.05, 0) is 50.1 Å². The van der Waals surface area contributed by atoms with E-state index < -0.39 is 0 Å². The minimum atomic E-state index is 0.212. The van der Waals surface area contributed by atoms with E-state index in [0.29, 0.717) is 18.3 Å². The van der Waals surface area contributed by atoms with Crippen molar-refractivity contribution in [1.82, 2.24) is 15.1 Å². The van der Waals surface area contributed by atoms with Gasteiger partial charge in [0, 0.05) is 24.1 Å². The van der Waals surface area contributed by atoms with Gasteiger partial charge in [-0.2, -0.15) is 4.98 Å². The van der Waals surface area contributed by atoms with Gasteiger partial charge in [-0.1, -0.05) is 35.0 Å². The summed E-state index contributed by atoms with van der Waals surface area (Å²) in [6.45, 7) is 3.61. The van der Waals surface area contributed by atoms with Crippen LogP contribution < -0.4 is 5.32 Å². The number of fused-ring (bicyclic) bond motifs is 1. The fourth-order valence-electron chi connectivity index (χ4n) is 3.65. The van der Waals surface area contributed by atoms with Crippen LogP contribution in [0.1, 0.15) is 18.4 Å². The van der Waals surface area contributed by atoms with Gasteiger partial charge < -0.3 is 14.6 Å². The second-order valence-electron chi connectivity index (χ2n) is 7.39. The van der Waals surface area contributed by atoms with E-state index in [4.69, 9.17) is 14.2 Å². The van der Waals surface area contributed by atoms with E-state index in [2.05, 4.69) is 40.6 Å². The highest BCUT2D eigenvalue weighted by Crippen LogP contribution is 2.30. The molecule has 0 aliphatic carbocycles. The Labute approximate surface area is 168 Å².